The first-order valence-electron chi connectivity index (χ1n) is 8.43. The molecule has 0 aliphatic carbocycles. The number of hydrogen-bond donors (Lipinski definition) is 0. The molecule has 2 aliphatic heterocycles. The van der Waals surface area contributed by atoms with E-state index in [4.69, 9.17) is 4.84 Å². The van der Waals surface area contributed by atoms with Gasteiger partial charge in [0.1, 0.15) is 11.6 Å². The van der Waals surface area contributed by atoms with Crippen molar-refractivity contribution in [2.45, 2.75) is 13.0 Å². The number of carboxylic acid groups (broad SMARTS) is 1. The Morgan fingerprint density at radius 1 is 0.964 bits per heavy atom. The smallest absolute Gasteiger partial charge is 0.278 e. The molecule has 2 amide bonds. The van der Waals surface area contributed by atoms with Crippen LogP contribution in [-0.4, -0.2) is 35.4 Å². The molecule has 0 radical (unpaired) electrons. The summed E-state index contributed by atoms with van der Waals surface area (Å²) in [4.78, 5) is 55.1. The quantitative estimate of drug-likeness (QED) is 0.565. The third kappa shape index (κ3) is 2.66. The SMILES string of the molecule is Cc1ccc(C(=O)C2=NO[C@H]3C(=O)N(c4ccc(C(=O)[O-])cc4)C(=O)[C@H]23)cc1. The van der Waals surface area contributed by atoms with Gasteiger partial charge in [-0.15, -0.1) is 0 Å². The second kappa shape index (κ2) is 6.41. The number of Topliss-reactive ketones (excluding diaryl/α,β-unsaturated/α-hetero) is 1. The van der Waals surface area contributed by atoms with Crippen LogP contribution in [-0.2, 0) is 14.4 Å². The van der Waals surface area contributed by atoms with Crippen LogP contribution >= 0.6 is 0 Å². The summed E-state index contributed by atoms with van der Waals surface area (Å²) >= 11 is 0. The molecule has 8 heteroatoms. The molecule has 140 valence electrons. The van der Waals surface area contributed by atoms with Crippen molar-refractivity contribution in [3.05, 3.63) is 65.2 Å². The van der Waals surface area contributed by atoms with E-state index in [1.54, 1.807) is 24.3 Å². The average Bonchev–Trinajstić information content (AvgIpc) is 3.22. The lowest BCUT2D eigenvalue weighted by atomic mass is 9.93. The lowest BCUT2D eigenvalue weighted by Crippen LogP contribution is -2.34. The summed E-state index contributed by atoms with van der Waals surface area (Å²) in [5.74, 6) is -4.30. The molecule has 0 N–H and O–H groups in total. The molecule has 8 nitrogen and oxygen atoms in total. The van der Waals surface area contributed by atoms with Crippen molar-refractivity contribution in [2.24, 2.45) is 11.1 Å². The standard InChI is InChI=1S/C20H14N2O6/c1-10-2-4-11(5-3-10)16(23)15-14-17(28-21-15)19(25)22(18(14)24)13-8-6-12(7-9-13)20(26)27/h2-9,14,17H,1H3,(H,26,27)/p-1/t14-,17-/m1/s1. The third-order valence-corrected chi connectivity index (χ3v) is 4.72. The van der Waals surface area contributed by atoms with Crippen molar-refractivity contribution in [1.29, 1.82) is 0 Å². The largest absolute Gasteiger partial charge is 0.545 e. The predicted molar refractivity (Wildman–Crippen MR) is 94.6 cm³/mol. The number of oxime groups is 1. The molecule has 0 aromatic heterocycles. The second-order valence-corrected chi connectivity index (χ2v) is 6.52. The number of carbonyl (C=O) groups excluding carboxylic acids is 4. The average molecular weight is 377 g/mol. The Balaban J connectivity index is 1.63. The summed E-state index contributed by atoms with van der Waals surface area (Å²) in [6.45, 7) is 1.88. The van der Waals surface area contributed by atoms with Crippen LogP contribution in [0.5, 0.6) is 0 Å². The molecular weight excluding hydrogens is 364 g/mol. The monoisotopic (exact) mass is 377 g/mol. The topological polar surface area (TPSA) is 116 Å². The van der Waals surface area contributed by atoms with E-state index in [-0.39, 0.29) is 17.0 Å². The molecule has 2 aromatic carbocycles. The van der Waals surface area contributed by atoms with Gasteiger partial charge >= 0.3 is 0 Å². The van der Waals surface area contributed by atoms with Crippen molar-refractivity contribution in [1.82, 2.24) is 0 Å². The summed E-state index contributed by atoms with van der Waals surface area (Å²) in [5.41, 5.74) is 1.28. The minimum absolute atomic E-state index is 0.0870. The molecule has 0 bridgehead atoms. The normalized spacial score (nSPS) is 20.6. The summed E-state index contributed by atoms with van der Waals surface area (Å²) in [5, 5.41) is 14.6. The molecule has 4 rings (SSSR count). The van der Waals surface area contributed by atoms with Crippen molar-refractivity contribution in [3.63, 3.8) is 0 Å². The van der Waals surface area contributed by atoms with Crippen LogP contribution in [0.25, 0.3) is 0 Å². The van der Waals surface area contributed by atoms with Gasteiger partial charge in [0.25, 0.3) is 5.91 Å². The number of fused-ring (bicyclic) bond motifs is 1. The number of rotatable bonds is 4. The number of nitrogens with zero attached hydrogens (tertiary/aromatic N) is 2. The van der Waals surface area contributed by atoms with Gasteiger partial charge in [-0.2, -0.15) is 0 Å². The van der Waals surface area contributed by atoms with Crippen LogP contribution in [0.15, 0.2) is 53.7 Å². The Morgan fingerprint density at radius 2 is 1.57 bits per heavy atom. The lowest BCUT2D eigenvalue weighted by Gasteiger charge is -2.16. The van der Waals surface area contributed by atoms with E-state index in [9.17, 15) is 24.3 Å². The molecule has 28 heavy (non-hydrogen) atoms. The molecule has 0 saturated carbocycles. The van der Waals surface area contributed by atoms with Gasteiger partial charge in [0.15, 0.2) is 0 Å². The van der Waals surface area contributed by atoms with E-state index >= 15 is 0 Å². The van der Waals surface area contributed by atoms with E-state index in [1.807, 2.05) is 6.92 Å². The van der Waals surface area contributed by atoms with Gasteiger partial charge in [-0.1, -0.05) is 47.1 Å². The predicted octanol–water partition coefficient (Wildman–Crippen LogP) is 0.486. The molecule has 2 heterocycles. The van der Waals surface area contributed by atoms with Crippen LogP contribution in [0, 0.1) is 12.8 Å². The van der Waals surface area contributed by atoms with Crippen molar-refractivity contribution in [3.8, 4) is 0 Å². The minimum Gasteiger partial charge on any atom is -0.545 e. The van der Waals surface area contributed by atoms with E-state index in [2.05, 4.69) is 5.16 Å². The Kier molecular flexibility index (Phi) is 4.03. The molecule has 2 atom stereocenters. The number of hydrogen-bond acceptors (Lipinski definition) is 7. The number of aromatic carboxylic acids is 1. The highest BCUT2D eigenvalue weighted by atomic mass is 16.7. The highest BCUT2D eigenvalue weighted by Gasteiger charge is 2.57. The van der Waals surface area contributed by atoms with Gasteiger partial charge in [-0.3, -0.25) is 14.4 Å². The Bertz CT molecular complexity index is 1040. The number of carboxylic acids is 1. The molecule has 1 fully saturated rings. The molecule has 2 aromatic rings. The highest BCUT2D eigenvalue weighted by molar-refractivity contribution is 6.52. The molecule has 0 spiro atoms. The van der Waals surface area contributed by atoms with Crippen LogP contribution in [0.4, 0.5) is 5.69 Å². The van der Waals surface area contributed by atoms with Gasteiger partial charge in [0, 0.05) is 5.56 Å². The number of ketones is 1. The maximum atomic E-state index is 12.9. The lowest BCUT2D eigenvalue weighted by molar-refractivity contribution is -0.255. The second-order valence-electron chi connectivity index (χ2n) is 6.52. The van der Waals surface area contributed by atoms with Gasteiger partial charge < -0.3 is 14.7 Å². The van der Waals surface area contributed by atoms with Crippen LogP contribution < -0.4 is 10.0 Å². The van der Waals surface area contributed by atoms with Crippen molar-refractivity contribution >= 4 is 35.0 Å². The van der Waals surface area contributed by atoms with E-state index in [0.29, 0.717) is 5.56 Å². The summed E-state index contributed by atoms with van der Waals surface area (Å²) in [6.07, 6.45) is -1.21. The summed E-state index contributed by atoms with van der Waals surface area (Å²) in [7, 11) is 0. The number of amides is 2. The number of anilines is 1. The molecular formula is C20H13N2O6-. The summed E-state index contributed by atoms with van der Waals surface area (Å²) < 4.78 is 0. The molecule has 2 aliphatic rings. The maximum absolute atomic E-state index is 12.9. The first-order valence-corrected chi connectivity index (χ1v) is 8.43. The van der Waals surface area contributed by atoms with Crippen LogP contribution in [0.3, 0.4) is 0 Å². The van der Waals surface area contributed by atoms with E-state index in [1.165, 1.54) is 24.3 Å². The fourth-order valence-corrected chi connectivity index (χ4v) is 3.22. The van der Waals surface area contributed by atoms with Gasteiger partial charge in [-0.05, 0) is 24.6 Å². The first-order chi connectivity index (χ1) is 13.4. The van der Waals surface area contributed by atoms with Gasteiger partial charge in [0.05, 0.1) is 11.7 Å². The minimum atomic E-state index is -1.37. The van der Waals surface area contributed by atoms with E-state index in [0.717, 1.165) is 10.5 Å². The Labute approximate surface area is 159 Å². The highest BCUT2D eigenvalue weighted by Crippen LogP contribution is 2.34. The van der Waals surface area contributed by atoms with Gasteiger partial charge in [0.2, 0.25) is 17.8 Å². The fourth-order valence-electron chi connectivity index (χ4n) is 3.22. The number of carbonyl (C=O) groups is 4. The zero-order chi connectivity index (χ0) is 20.0. The Hall–Kier alpha value is -3.81. The number of imide groups is 1. The molecule has 1 saturated heterocycles. The Morgan fingerprint density at radius 3 is 2.18 bits per heavy atom. The van der Waals surface area contributed by atoms with Crippen LogP contribution in [0.2, 0.25) is 0 Å². The van der Waals surface area contributed by atoms with E-state index < -0.39 is 35.6 Å². The first kappa shape index (κ1) is 17.6. The maximum Gasteiger partial charge on any atom is 0.278 e. The summed E-state index contributed by atoms with van der Waals surface area (Å²) in [6, 6.07) is 11.8. The van der Waals surface area contributed by atoms with Crippen LogP contribution in [0.1, 0.15) is 26.3 Å². The van der Waals surface area contributed by atoms with Crippen molar-refractivity contribution < 1.29 is 29.1 Å². The number of aryl methyl sites for hydroxylation is 1. The zero-order valence-corrected chi connectivity index (χ0v) is 14.6. The molecule has 0 unspecified atom stereocenters. The number of benzene rings is 2. The fraction of sp³-hybridized carbons (Fsp3) is 0.150. The van der Waals surface area contributed by atoms with Crippen molar-refractivity contribution in [2.75, 3.05) is 4.90 Å². The zero-order valence-electron chi connectivity index (χ0n) is 14.6. The van der Waals surface area contributed by atoms with Gasteiger partial charge in [-0.25, -0.2) is 4.90 Å². The third-order valence-electron chi connectivity index (χ3n) is 4.72.